The van der Waals surface area contributed by atoms with Crippen LogP contribution < -0.4 is 10.0 Å². The second kappa shape index (κ2) is 9.29. The number of para-hydroxylation sites is 1. The summed E-state index contributed by atoms with van der Waals surface area (Å²) >= 11 is 0. The molecule has 5 rings (SSSR count). The Morgan fingerprint density at radius 2 is 1.54 bits per heavy atom. The number of anilines is 3. The molecule has 0 bridgehead atoms. The van der Waals surface area contributed by atoms with Crippen molar-refractivity contribution >= 4 is 54.7 Å². The number of sulfonamides is 1. The Bertz CT molecular complexity index is 1760. The van der Waals surface area contributed by atoms with Crippen LogP contribution in [0.3, 0.4) is 0 Å². The Kier molecular flexibility index (Phi) is 6.13. The Balaban J connectivity index is 1.93. The number of nitrogens with two attached hydrogens (primary N) is 1. The Morgan fingerprint density at radius 3 is 2.22 bits per heavy atom. The number of hydrogen-bond acceptors (Lipinski definition) is 5. The zero-order chi connectivity index (χ0) is 26.3. The monoisotopic (exact) mass is 513 g/mol. The quantitative estimate of drug-likeness (QED) is 0.207. The minimum Gasteiger partial charge on any atom is -0.461 e. The number of aromatic nitrogens is 1. The van der Waals surface area contributed by atoms with Crippen LogP contribution in [0, 0.1) is 13.8 Å². The molecule has 37 heavy (non-hydrogen) atoms. The van der Waals surface area contributed by atoms with Gasteiger partial charge in [0.1, 0.15) is 0 Å². The highest BCUT2D eigenvalue weighted by molar-refractivity contribution is 7.93. The number of benzene rings is 4. The summed E-state index contributed by atoms with van der Waals surface area (Å²) in [7, 11) is -4.21. The molecular weight excluding hydrogens is 486 g/mol. The number of nitrogens with one attached hydrogen (secondary N) is 1. The van der Waals surface area contributed by atoms with Gasteiger partial charge >= 0.3 is 5.97 Å². The maximum absolute atomic E-state index is 14.5. The van der Waals surface area contributed by atoms with Gasteiger partial charge in [-0.1, -0.05) is 60.2 Å². The van der Waals surface area contributed by atoms with E-state index in [0.717, 1.165) is 16.5 Å². The van der Waals surface area contributed by atoms with Gasteiger partial charge in [-0.05, 0) is 50.6 Å². The third-order valence-electron chi connectivity index (χ3n) is 6.41. The van der Waals surface area contributed by atoms with Crippen LogP contribution in [0.5, 0.6) is 0 Å². The lowest BCUT2D eigenvalue weighted by Crippen LogP contribution is -2.28. The van der Waals surface area contributed by atoms with Crippen molar-refractivity contribution in [3.8, 4) is 0 Å². The molecule has 8 heteroatoms. The van der Waals surface area contributed by atoms with Gasteiger partial charge in [0.2, 0.25) is 0 Å². The number of nitrogen functional groups attached to an aromatic ring is 1. The normalized spacial score (nSPS) is 11.6. The summed E-state index contributed by atoms with van der Waals surface area (Å²) in [6, 6.07) is 23.0. The summed E-state index contributed by atoms with van der Waals surface area (Å²) in [6.45, 7) is 5.58. The van der Waals surface area contributed by atoms with Crippen molar-refractivity contribution in [2.24, 2.45) is 0 Å². The van der Waals surface area contributed by atoms with E-state index >= 15 is 0 Å². The molecule has 0 aliphatic rings. The molecule has 0 saturated carbocycles. The molecule has 188 valence electrons. The number of rotatable bonds is 6. The van der Waals surface area contributed by atoms with Crippen LogP contribution in [0.15, 0.2) is 83.8 Å². The molecule has 7 nitrogen and oxygen atoms in total. The smallest absolute Gasteiger partial charge is 0.356 e. The highest BCUT2D eigenvalue weighted by atomic mass is 32.2. The molecule has 0 spiro atoms. The number of carbonyl (C=O) groups is 1. The first-order valence-corrected chi connectivity index (χ1v) is 13.4. The summed E-state index contributed by atoms with van der Waals surface area (Å²) in [6.07, 6.45) is 0. The minimum atomic E-state index is -4.21. The van der Waals surface area contributed by atoms with E-state index in [-0.39, 0.29) is 22.9 Å². The van der Waals surface area contributed by atoms with E-state index in [1.807, 2.05) is 44.2 Å². The van der Waals surface area contributed by atoms with Gasteiger partial charge in [-0.2, -0.15) is 0 Å². The molecule has 0 fully saturated rings. The van der Waals surface area contributed by atoms with Gasteiger partial charge in [-0.3, -0.25) is 0 Å². The van der Waals surface area contributed by atoms with Crippen LogP contribution in [-0.4, -0.2) is 26.0 Å². The molecule has 1 aromatic heterocycles. The average molecular weight is 514 g/mol. The lowest BCUT2D eigenvalue weighted by atomic mass is 10.0. The fourth-order valence-corrected chi connectivity index (χ4v) is 6.09. The number of nitrogens with zero attached hydrogens (tertiary/aromatic N) is 1. The Hall–Kier alpha value is -4.30. The van der Waals surface area contributed by atoms with E-state index in [9.17, 15) is 13.2 Å². The van der Waals surface area contributed by atoms with E-state index in [0.29, 0.717) is 27.7 Å². The van der Waals surface area contributed by atoms with E-state index in [1.165, 1.54) is 4.31 Å². The first kappa shape index (κ1) is 24.4. The van der Waals surface area contributed by atoms with Crippen molar-refractivity contribution in [3.05, 3.63) is 95.7 Å². The van der Waals surface area contributed by atoms with Crippen LogP contribution in [0.4, 0.5) is 17.1 Å². The molecule has 1 heterocycles. The molecule has 5 aromatic rings. The van der Waals surface area contributed by atoms with Gasteiger partial charge in [0.25, 0.3) is 10.0 Å². The number of aryl methyl sites for hydroxylation is 2. The molecular formula is C29H27N3O4S. The van der Waals surface area contributed by atoms with Crippen molar-refractivity contribution in [3.63, 3.8) is 0 Å². The van der Waals surface area contributed by atoms with Gasteiger partial charge in [0.15, 0.2) is 5.69 Å². The molecule has 0 aliphatic carbocycles. The third-order valence-corrected chi connectivity index (χ3v) is 8.14. The zero-order valence-electron chi connectivity index (χ0n) is 20.8. The lowest BCUT2D eigenvalue weighted by Gasteiger charge is -2.27. The third kappa shape index (κ3) is 4.09. The molecule has 4 aromatic carbocycles. The largest absolute Gasteiger partial charge is 0.461 e. The van der Waals surface area contributed by atoms with Gasteiger partial charge in [-0.15, -0.1) is 0 Å². The molecule has 0 unspecified atom stereocenters. The topological polar surface area (TPSA) is 105 Å². The van der Waals surface area contributed by atoms with Gasteiger partial charge in [0, 0.05) is 27.4 Å². The second-order valence-electron chi connectivity index (χ2n) is 8.87. The Morgan fingerprint density at radius 1 is 0.919 bits per heavy atom. The molecule has 0 amide bonds. The number of carbonyl (C=O) groups excluding carboxylic acids is 1. The summed E-state index contributed by atoms with van der Waals surface area (Å²) in [4.78, 5) is 16.4. The van der Waals surface area contributed by atoms with Crippen molar-refractivity contribution < 1.29 is 17.9 Å². The SMILES string of the molecule is CCOC(=O)c1[nH]c2ccccc2c1N(c1cc(C)c(N)c2ccccc12)S(=O)(=O)c1ccc(C)cc1. The number of H-pyrrole nitrogens is 1. The van der Waals surface area contributed by atoms with Gasteiger partial charge in [-0.25, -0.2) is 17.5 Å². The maximum atomic E-state index is 14.5. The first-order valence-electron chi connectivity index (χ1n) is 11.9. The van der Waals surface area contributed by atoms with Crippen LogP contribution in [0.2, 0.25) is 0 Å². The number of hydrogen-bond donors (Lipinski definition) is 2. The van der Waals surface area contributed by atoms with E-state index in [1.54, 1.807) is 55.5 Å². The summed E-state index contributed by atoms with van der Waals surface area (Å²) in [5.41, 5.74) is 9.87. The highest BCUT2D eigenvalue weighted by Crippen LogP contribution is 2.44. The van der Waals surface area contributed by atoms with Crippen LogP contribution >= 0.6 is 0 Å². The fourth-order valence-electron chi connectivity index (χ4n) is 4.56. The van der Waals surface area contributed by atoms with Gasteiger partial charge < -0.3 is 15.5 Å². The average Bonchev–Trinajstić information content (AvgIpc) is 3.27. The number of fused-ring (bicyclic) bond motifs is 2. The second-order valence-corrected chi connectivity index (χ2v) is 10.7. The molecule has 0 atom stereocenters. The van der Waals surface area contributed by atoms with Crippen LogP contribution in [0.25, 0.3) is 21.7 Å². The highest BCUT2D eigenvalue weighted by Gasteiger charge is 2.35. The van der Waals surface area contributed by atoms with E-state index in [2.05, 4.69) is 4.98 Å². The number of aromatic amines is 1. The van der Waals surface area contributed by atoms with Crippen molar-refractivity contribution in [2.45, 2.75) is 25.7 Å². The molecule has 3 N–H and O–H groups in total. The molecule has 0 radical (unpaired) electrons. The lowest BCUT2D eigenvalue weighted by molar-refractivity contribution is 0.0521. The predicted octanol–water partition coefficient (Wildman–Crippen LogP) is 6.22. The number of ether oxygens (including phenoxy) is 1. The van der Waals surface area contributed by atoms with Gasteiger partial charge in [0.05, 0.1) is 22.9 Å². The summed E-state index contributed by atoms with van der Waals surface area (Å²) in [5, 5.41) is 1.93. The minimum absolute atomic E-state index is 0.0531. The fraction of sp³-hybridized carbons (Fsp3) is 0.138. The van der Waals surface area contributed by atoms with E-state index in [4.69, 9.17) is 10.5 Å². The Labute approximate surface area is 215 Å². The van der Waals surface area contributed by atoms with Crippen LogP contribution in [-0.2, 0) is 14.8 Å². The first-order chi connectivity index (χ1) is 17.7. The standard InChI is InChI=1S/C29H27N3O4S/c1-4-36-29(33)27-28(23-11-7-8-12-24(23)31-27)32(37(34,35)20-15-13-18(2)14-16-20)25-17-19(3)26(30)22-10-6-5-9-21(22)25/h5-17,31H,4,30H2,1-3H3. The zero-order valence-corrected chi connectivity index (χ0v) is 21.6. The molecule has 0 aliphatic heterocycles. The predicted molar refractivity (Wildman–Crippen MR) is 148 cm³/mol. The van der Waals surface area contributed by atoms with Crippen LogP contribution in [0.1, 0.15) is 28.5 Å². The maximum Gasteiger partial charge on any atom is 0.356 e. The van der Waals surface area contributed by atoms with Crippen molar-refractivity contribution in [1.29, 1.82) is 0 Å². The summed E-state index contributed by atoms with van der Waals surface area (Å²) < 4.78 is 35.6. The van der Waals surface area contributed by atoms with Crippen molar-refractivity contribution in [1.82, 2.24) is 4.98 Å². The van der Waals surface area contributed by atoms with Crippen molar-refractivity contribution in [2.75, 3.05) is 16.6 Å². The number of esters is 1. The van der Waals surface area contributed by atoms with E-state index < -0.39 is 16.0 Å². The molecule has 0 saturated heterocycles. The summed E-state index contributed by atoms with van der Waals surface area (Å²) in [5.74, 6) is -0.644.